The van der Waals surface area contributed by atoms with Gasteiger partial charge in [0.05, 0.1) is 10.6 Å². The molecule has 0 spiro atoms. The smallest absolute Gasteiger partial charge is 0.0560 e. The molecule has 0 saturated carbocycles. The fourth-order valence-corrected chi connectivity index (χ4v) is 2.55. The molecule has 0 aromatic heterocycles. The number of benzene rings is 2. The summed E-state index contributed by atoms with van der Waals surface area (Å²) in [5, 5.41) is 1.70. The van der Waals surface area contributed by atoms with Gasteiger partial charge in [-0.2, -0.15) is 0 Å². The highest BCUT2D eigenvalue weighted by molar-refractivity contribution is 7.79. The molecule has 2 rings (SSSR count). The van der Waals surface area contributed by atoms with Crippen molar-refractivity contribution in [3.63, 3.8) is 0 Å². The fourth-order valence-electron chi connectivity index (χ4n) is 1.76. The van der Waals surface area contributed by atoms with Gasteiger partial charge in [0.25, 0.3) is 0 Å². The predicted octanol–water partition coefficient (Wildman–Crippen LogP) is 2.14. The van der Waals surface area contributed by atoms with Crippen LogP contribution in [0.3, 0.4) is 0 Å². The molecule has 0 radical (unpaired) electrons. The lowest BCUT2D eigenvalue weighted by molar-refractivity contribution is 0.538. The summed E-state index contributed by atoms with van der Waals surface area (Å²) < 4.78 is 22.6. The quantitative estimate of drug-likeness (QED) is 0.748. The average Bonchev–Trinajstić information content (AvgIpc) is 2.27. The first kappa shape index (κ1) is 11.1. The zero-order valence-corrected chi connectivity index (χ0v) is 9.95. The van der Waals surface area contributed by atoms with Gasteiger partial charge in [-0.15, -0.1) is 0 Å². The second-order valence-corrected chi connectivity index (χ2v) is 4.64. The number of rotatable bonds is 2. The molecule has 0 bridgehead atoms. The van der Waals surface area contributed by atoms with Crippen LogP contribution in [0.4, 0.5) is 5.69 Å². The highest BCUT2D eigenvalue weighted by atomic mass is 32.2. The Labute approximate surface area is 97.0 Å². The molecule has 3 nitrogen and oxygen atoms in total. The van der Waals surface area contributed by atoms with E-state index in [-0.39, 0.29) is 0 Å². The lowest BCUT2D eigenvalue weighted by Crippen LogP contribution is -2.12. The van der Waals surface area contributed by atoms with Crippen molar-refractivity contribution in [3.05, 3.63) is 36.4 Å². The first-order chi connectivity index (χ1) is 7.61. The molecule has 1 unspecified atom stereocenters. The molecule has 84 valence electrons. The topological polar surface area (TPSA) is 43.4 Å². The molecule has 0 aliphatic heterocycles. The first-order valence-corrected chi connectivity index (χ1v) is 5.97. The van der Waals surface area contributed by atoms with E-state index < -0.39 is 11.1 Å². The summed E-state index contributed by atoms with van der Waals surface area (Å²) in [6.45, 7) is 0. The Balaban J connectivity index is 2.84. The van der Waals surface area contributed by atoms with Crippen molar-refractivity contribution >= 4 is 27.5 Å². The third-order valence-corrected chi connectivity index (χ3v) is 3.27. The maximum atomic E-state index is 11.3. The third-order valence-electron chi connectivity index (χ3n) is 2.51. The standard InChI is InChI=1S/C12H13NO2S/c1-13(2)11-8-7-9-5-3-4-6-10(9)12(11)16(14)15/h3-8H,1-2H3,(H,14,15)/p-1. The molecule has 0 heterocycles. The Kier molecular flexibility index (Phi) is 2.94. The average molecular weight is 234 g/mol. The molecule has 0 fully saturated rings. The summed E-state index contributed by atoms with van der Waals surface area (Å²) in [7, 11) is 3.67. The van der Waals surface area contributed by atoms with Crippen molar-refractivity contribution in [3.8, 4) is 0 Å². The van der Waals surface area contributed by atoms with Crippen LogP contribution in [0.25, 0.3) is 10.8 Å². The molecular weight excluding hydrogens is 222 g/mol. The van der Waals surface area contributed by atoms with E-state index in [4.69, 9.17) is 0 Å². The normalized spacial score (nSPS) is 12.7. The molecule has 2 aromatic rings. The Morgan fingerprint density at radius 3 is 2.44 bits per heavy atom. The SMILES string of the molecule is CN(C)c1ccc2ccccc2c1S(=O)[O-]. The Morgan fingerprint density at radius 1 is 1.12 bits per heavy atom. The van der Waals surface area contributed by atoms with Gasteiger partial charge in [-0.05, 0) is 27.9 Å². The van der Waals surface area contributed by atoms with Crippen LogP contribution in [0.5, 0.6) is 0 Å². The van der Waals surface area contributed by atoms with E-state index in [1.807, 2.05) is 50.5 Å². The van der Waals surface area contributed by atoms with E-state index in [9.17, 15) is 8.76 Å². The van der Waals surface area contributed by atoms with Gasteiger partial charge in [-0.3, -0.25) is 4.21 Å². The first-order valence-electron chi connectivity index (χ1n) is 4.89. The summed E-state index contributed by atoms with van der Waals surface area (Å²) in [5.74, 6) is 0. The van der Waals surface area contributed by atoms with Crippen LogP contribution in [-0.2, 0) is 11.1 Å². The molecule has 4 heteroatoms. The van der Waals surface area contributed by atoms with Gasteiger partial charge >= 0.3 is 0 Å². The second kappa shape index (κ2) is 4.23. The van der Waals surface area contributed by atoms with Gasteiger partial charge in [0, 0.05) is 14.1 Å². The lowest BCUT2D eigenvalue weighted by atomic mass is 10.1. The Morgan fingerprint density at radius 2 is 1.81 bits per heavy atom. The van der Waals surface area contributed by atoms with E-state index in [1.54, 1.807) is 4.90 Å². The van der Waals surface area contributed by atoms with Gasteiger partial charge in [0.1, 0.15) is 0 Å². The van der Waals surface area contributed by atoms with Gasteiger partial charge in [-0.25, -0.2) is 0 Å². The predicted molar refractivity (Wildman–Crippen MR) is 65.5 cm³/mol. The van der Waals surface area contributed by atoms with Crippen molar-refractivity contribution in [2.45, 2.75) is 4.90 Å². The highest BCUT2D eigenvalue weighted by Crippen LogP contribution is 2.30. The van der Waals surface area contributed by atoms with E-state index in [1.165, 1.54) is 0 Å². The molecule has 2 aromatic carbocycles. The second-order valence-electron chi connectivity index (χ2n) is 3.76. The van der Waals surface area contributed by atoms with E-state index in [0.717, 1.165) is 10.8 Å². The number of hydrogen-bond donors (Lipinski definition) is 0. The molecule has 0 amide bonds. The zero-order chi connectivity index (χ0) is 11.7. The van der Waals surface area contributed by atoms with Crippen molar-refractivity contribution < 1.29 is 8.76 Å². The minimum Gasteiger partial charge on any atom is -0.768 e. The van der Waals surface area contributed by atoms with Crippen LogP contribution in [0, 0.1) is 0 Å². The van der Waals surface area contributed by atoms with E-state index >= 15 is 0 Å². The Hall–Kier alpha value is -1.39. The Bertz CT molecular complexity index is 552. The minimum absolute atomic E-state index is 0.364. The van der Waals surface area contributed by atoms with Crippen molar-refractivity contribution in [1.82, 2.24) is 0 Å². The molecular formula is C12H12NO2S-. The van der Waals surface area contributed by atoms with Crippen molar-refractivity contribution in [2.24, 2.45) is 0 Å². The van der Waals surface area contributed by atoms with E-state index in [0.29, 0.717) is 10.6 Å². The maximum Gasteiger partial charge on any atom is 0.0560 e. The summed E-state index contributed by atoms with van der Waals surface area (Å²) in [4.78, 5) is 2.17. The van der Waals surface area contributed by atoms with Crippen LogP contribution in [-0.4, -0.2) is 22.9 Å². The lowest BCUT2D eigenvalue weighted by Gasteiger charge is -2.20. The molecule has 16 heavy (non-hydrogen) atoms. The largest absolute Gasteiger partial charge is 0.768 e. The number of fused-ring (bicyclic) bond motifs is 1. The molecule has 0 saturated heterocycles. The van der Waals surface area contributed by atoms with Crippen LogP contribution in [0.2, 0.25) is 0 Å². The minimum atomic E-state index is -2.23. The summed E-state index contributed by atoms with van der Waals surface area (Å²) in [6, 6.07) is 11.2. The van der Waals surface area contributed by atoms with Crippen molar-refractivity contribution in [2.75, 3.05) is 19.0 Å². The fraction of sp³-hybridized carbons (Fsp3) is 0.167. The van der Waals surface area contributed by atoms with Crippen molar-refractivity contribution in [1.29, 1.82) is 0 Å². The van der Waals surface area contributed by atoms with Gasteiger partial charge in [-0.1, -0.05) is 30.3 Å². The van der Waals surface area contributed by atoms with Crippen LogP contribution in [0.15, 0.2) is 41.3 Å². The molecule has 0 aliphatic carbocycles. The molecule has 0 N–H and O–H groups in total. The van der Waals surface area contributed by atoms with E-state index in [2.05, 4.69) is 0 Å². The maximum absolute atomic E-state index is 11.3. The summed E-state index contributed by atoms with van der Waals surface area (Å²) in [5.41, 5.74) is 0.715. The number of nitrogens with zero attached hydrogens (tertiary/aromatic N) is 1. The van der Waals surface area contributed by atoms with Gasteiger partial charge in [0.2, 0.25) is 0 Å². The highest BCUT2D eigenvalue weighted by Gasteiger charge is 2.09. The van der Waals surface area contributed by atoms with Gasteiger partial charge < -0.3 is 9.45 Å². The molecule has 0 aliphatic rings. The van der Waals surface area contributed by atoms with Crippen LogP contribution in [0.1, 0.15) is 0 Å². The zero-order valence-electron chi connectivity index (χ0n) is 9.14. The summed E-state index contributed by atoms with van der Waals surface area (Å²) in [6.07, 6.45) is 0. The number of anilines is 1. The monoisotopic (exact) mass is 234 g/mol. The van der Waals surface area contributed by atoms with Gasteiger partial charge in [0.15, 0.2) is 0 Å². The van der Waals surface area contributed by atoms with Crippen LogP contribution < -0.4 is 4.90 Å². The van der Waals surface area contributed by atoms with Crippen LogP contribution >= 0.6 is 0 Å². The molecule has 1 atom stereocenters. The third kappa shape index (κ3) is 1.81. The number of hydrogen-bond acceptors (Lipinski definition) is 3. The summed E-state index contributed by atoms with van der Waals surface area (Å²) >= 11 is -2.23.